The molecule has 24 heavy (non-hydrogen) atoms. The van der Waals surface area contributed by atoms with E-state index in [0.29, 0.717) is 18.8 Å². The van der Waals surface area contributed by atoms with Crippen LogP contribution >= 0.6 is 0 Å². The number of carbonyl (C=O) groups is 1. The third-order valence-corrected chi connectivity index (χ3v) is 3.76. The van der Waals surface area contributed by atoms with Crippen molar-refractivity contribution in [3.63, 3.8) is 0 Å². The maximum absolute atomic E-state index is 12.5. The van der Waals surface area contributed by atoms with E-state index < -0.39 is 17.3 Å². The fraction of sp³-hybridized carbons (Fsp3) is 0.588. The lowest BCUT2D eigenvalue weighted by molar-refractivity contribution is -0.137. The number of amides is 1. The second kappa shape index (κ2) is 6.91. The van der Waals surface area contributed by atoms with Crippen molar-refractivity contribution in [3.05, 3.63) is 29.8 Å². The molecule has 1 fully saturated rings. The number of rotatable bonds is 3. The molecule has 2 rings (SSSR count). The lowest BCUT2D eigenvalue weighted by atomic mass is 10.2. The van der Waals surface area contributed by atoms with E-state index in [2.05, 4.69) is 5.32 Å². The predicted octanol–water partition coefficient (Wildman–Crippen LogP) is 4.52. The molecular weight excluding hydrogens is 321 g/mol. The first-order valence-electron chi connectivity index (χ1n) is 7.97. The van der Waals surface area contributed by atoms with Crippen molar-refractivity contribution in [2.45, 2.75) is 51.4 Å². The molecule has 0 unspecified atom stereocenters. The molecule has 1 aliphatic heterocycles. The minimum Gasteiger partial charge on any atom is -0.444 e. The fourth-order valence-corrected chi connectivity index (χ4v) is 2.62. The Labute approximate surface area is 140 Å². The summed E-state index contributed by atoms with van der Waals surface area (Å²) < 4.78 is 43.0. The fourth-order valence-electron chi connectivity index (χ4n) is 2.62. The number of benzene rings is 1. The molecular formula is C17H23F3N2O2. The Morgan fingerprint density at radius 2 is 1.88 bits per heavy atom. The van der Waals surface area contributed by atoms with Crippen molar-refractivity contribution >= 4 is 11.8 Å². The number of anilines is 1. The summed E-state index contributed by atoms with van der Waals surface area (Å²) >= 11 is 0. The maximum atomic E-state index is 12.5. The summed E-state index contributed by atoms with van der Waals surface area (Å²) in [5.41, 5.74) is -0.631. The van der Waals surface area contributed by atoms with Crippen LogP contribution in [-0.2, 0) is 10.9 Å². The first-order chi connectivity index (χ1) is 11.1. The molecule has 0 aromatic heterocycles. The third-order valence-electron chi connectivity index (χ3n) is 3.76. The molecule has 7 heteroatoms. The van der Waals surface area contributed by atoms with E-state index in [1.807, 2.05) is 20.8 Å². The summed E-state index contributed by atoms with van der Waals surface area (Å²) in [5.74, 6) is 0. The van der Waals surface area contributed by atoms with Crippen LogP contribution in [0.1, 0.15) is 39.2 Å². The normalized spacial score (nSPS) is 18.6. The Bertz CT molecular complexity index is 565. The summed E-state index contributed by atoms with van der Waals surface area (Å²) in [6.07, 6.45) is -2.96. The first-order valence-corrected chi connectivity index (χ1v) is 7.97. The molecule has 0 bridgehead atoms. The summed E-state index contributed by atoms with van der Waals surface area (Å²) in [5, 5.41) is 3.10. The Hall–Kier alpha value is -1.92. The van der Waals surface area contributed by atoms with Crippen LogP contribution in [0.3, 0.4) is 0 Å². The van der Waals surface area contributed by atoms with Gasteiger partial charge >= 0.3 is 12.3 Å². The van der Waals surface area contributed by atoms with Crippen molar-refractivity contribution < 1.29 is 22.7 Å². The summed E-state index contributed by atoms with van der Waals surface area (Å²) in [4.78, 5) is 13.9. The molecule has 134 valence electrons. The van der Waals surface area contributed by atoms with Crippen molar-refractivity contribution in [2.24, 2.45) is 0 Å². The number of ether oxygens (including phenoxy) is 1. The highest BCUT2D eigenvalue weighted by Crippen LogP contribution is 2.30. The average Bonchev–Trinajstić information content (AvgIpc) is 2.91. The van der Waals surface area contributed by atoms with Gasteiger partial charge in [0, 0.05) is 18.8 Å². The van der Waals surface area contributed by atoms with E-state index in [0.717, 1.165) is 25.0 Å². The van der Waals surface area contributed by atoms with Crippen LogP contribution < -0.4 is 5.32 Å². The highest BCUT2D eigenvalue weighted by Gasteiger charge is 2.32. The molecule has 1 aliphatic rings. The molecule has 1 saturated heterocycles. The minimum atomic E-state index is -4.34. The molecule has 4 nitrogen and oxygen atoms in total. The Kier molecular flexibility index (Phi) is 5.30. The Morgan fingerprint density at radius 3 is 2.42 bits per heavy atom. The molecule has 1 aromatic carbocycles. The van der Waals surface area contributed by atoms with Gasteiger partial charge in [0.1, 0.15) is 5.60 Å². The zero-order chi connectivity index (χ0) is 18.0. The second-order valence-corrected chi connectivity index (χ2v) is 6.93. The van der Waals surface area contributed by atoms with E-state index in [4.69, 9.17) is 4.74 Å². The molecule has 0 aliphatic carbocycles. The minimum absolute atomic E-state index is 0.0258. The van der Waals surface area contributed by atoms with Crippen molar-refractivity contribution in [1.29, 1.82) is 0 Å². The second-order valence-electron chi connectivity index (χ2n) is 6.93. The molecule has 1 N–H and O–H groups in total. The zero-order valence-corrected chi connectivity index (χ0v) is 14.1. The third kappa shape index (κ3) is 5.04. The zero-order valence-electron chi connectivity index (χ0n) is 14.1. The van der Waals surface area contributed by atoms with E-state index in [1.165, 1.54) is 12.1 Å². The van der Waals surface area contributed by atoms with Gasteiger partial charge in [0.05, 0.1) is 11.6 Å². The van der Waals surface area contributed by atoms with Gasteiger partial charge in [0.25, 0.3) is 0 Å². The number of nitrogens with one attached hydrogen (secondary N) is 1. The number of likely N-dealkylation sites (tertiary alicyclic amines) is 1. The van der Waals surface area contributed by atoms with Gasteiger partial charge in [0.15, 0.2) is 0 Å². The molecule has 0 radical (unpaired) electrons. The number of alkyl halides is 3. The standard InChI is InChI=1S/C17H23F3N2O2/c1-16(2,3)24-15(23)22-10-4-5-14(22)11-21-13-8-6-12(7-9-13)17(18,19)20/h6-9,14,21H,4-5,10-11H2,1-3H3/t14-/m0/s1. The van der Waals surface area contributed by atoms with Crippen LogP contribution in [0.5, 0.6) is 0 Å². The van der Waals surface area contributed by atoms with Crippen molar-refractivity contribution in [1.82, 2.24) is 4.90 Å². The number of hydrogen-bond acceptors (Lipinski definition) is 3. The van der Waals surface area contributed by atoms with Gasteiger partial charge in [-0.25, -0.2) is 4.79 Å². The van der Waals surface area contributed by atoms with Crippen LogP contribution in [0.15, 0.2) is 24.3 Å². The molecule has 1 heterocycles. The van der Waals surface area contributed by atoms with Gasteiger partial charge in [0.2, 0.25) is 0 Å². The van der Waals surface area contributed by atoms with Crippen LogP contribution in [-0.4, -0.2) is 35.7 Å². The number of carbonyl (C=O) groups excluding carboxylic acids is 1. The molecule has 0 saturated carbocycles. The Morgan fingerprint density at radius 1 is 1.25 bits per heavy atom. The number of halogens is 3. The van der Waals surface area contributed by atoms with Gasteiger partial charge in [-0.15, -0.1) is 0 Å². The van der Waals surface area contributed by atoms with Crippen LogP contribution in [0.25, 0.3) is 0 Å². The highest BCUT2D eigenvalue weighted by atomic mass is 19.4. The average molecular weight is 344 g/mol. The number of nitrogens with zero attached hydrogens (tertiary/aromatic N) is 1. The summed E-state index contributed by atoms with van der Waals surface area (Å²) in [6.45, 7) is 6.56. The van der Waals surface area contributed by atoms with E-state index in [9.17, 15) is 18.0 Å². The van der Waals surface area contributed by atoms with E-state index >= 15 is 0 Å². The lowest BCUT2D eigenvalue weighted by Gasteiger charge is -2.29. The monoisotopic (exact) mass is 344 g/mol. The molecule has 1 aromatic rings. The molecule has 1 atom stereocenters. The van der Waals surface area contributed by atoms with Gasteiger partial charge in [-0.2, -0.15) is 13.2 Å². The predicted molar refractivity (Wildman–Crippen MR) is 85.9 cm³/mol. The van der Waals surface area contributed by atoms with Crippen LogP contribution in [0.2, 0.25) is 0 Å². The first kappa shape index (κ1) is 18.4. The van der Waals surface area contributed by atoms with Crippen LogP contribution in [0, 0.1) is 0 Å². The van der Waals surface area contributed by atoms with E-state index in [1.54, 1.807) is 4.90 Å². The van der Waals surface area contributed by atoms with Gasteiger partial charge in [-0.3, -0.25) is 0 Å². The quantitative estimate of drug-likeness (QED) is 0.877. The lowest BCUT2D eigenvalue weighted by Crippen LogP contribution is -2.42. The summed E-state index contributed by atoms with van der Waals surface area (Å²) in [6, 6.07) is 4.86. The largest absolute Gasteiger partial charge is 0.444 e. The molecule has 0 spiro atoms. The topological polar surface area (TPSA) is 41.6 Å². The van der Waals surface area contributed by atoms with Gasteiger partial charge in [-0.05, 0) is 57.9 Å². The summed E-state index contributed by atoms with van der Waals surface area (Å²) in [7, 11) is 0. The van der Waals surface area contributed by atoms with Crippen molar-refractivity contribution in [3.8, 4) is 0 Å². The van der Waals surface area contributed by atoms with Crippen molar-refractivity contribution in [2.75, 3.05) is 18.4 Å². The van der Waals surface area contributed by atoms with Crippen LogP contribution in [0.4, 0.5) is 23.7 Å². The van der Waals surface area contributed by atoms with Gasteiger partial charge < -0.3 is 15.0 Å². The SMILES string of the molecule is CC(C)(C)OC(=O)N1CCC[C@H]1CNc1ccc(C(F)(F)F)cc1. The molecule has 1 amide bonds. The van der Waals surface area contributed by atoms with E-state index in [-0.39, 0.29) is 12.1 Å². The smallest absolute Gasteiger partial charge is 0.416 e. The highest BCUT2D eigenvalue weighted by molar-refractivity contribution is 5.69. The van der Waals surface area contributed by atoms with Gasteiger partial charge in [-0.1, -0.05) is 0 Å². The Balaban J connectivity index is 1.92. The maximum Gasteiger partial charge on any atom is 0.416 e. The number of hydrogen-bond donors (Lipinski definition) is 1.